The molecule has 1 N–H and O–H groups in total. The molecule has 0 spiro atoms. The molecule has 0 bridgehead atoms. The van der Waals surface area contributed by atoms with Crippen LogP contribution in [0.1, 0.15) is 5.56 Å². The number of nitrogens with one attached hydrogen (secondary N) is 1. The average molecular weight is 184 g/mol. The van der Waals surface area contributed by atoms with E-state index in [-0.39, 0.29) is 5.02 Å². The van der Waals surface area contributed by atoms with Gasteiger partial charge in [-0.3, -0.25) is 0 Å². The maximum atomic E-state index is 12.6. The molecule has 0 amide bonds. The number of hydrogen-bond donors (Lipinski definition) is 1. The SMILES string of the molecule is N=C/C=C/c1ccc(F)c(Cl)c1. The van der Waals surface area contributed by atoms with E-state index in [1.165, 1.54) is 12.1 Å². The van der Waals surface area contributed by atoms with Gasteiger partial charge in [-0.15, -0.1) is 0 Å². The lowest BCUT2D eigenvalue weighted by molar-refractivity contribution is 0.628. The highest BCUT2D eigenvalue weighted by atomic mass is 35.5. The highest BCUT2D eigenvalue weighted by Gasteiger charge is 1.97. The van der Waals surface area contributed by atoms with E-state index in [1.807, 2.05) is 0 Å². The van der Waals surface area contributed by atoms with Crippen molar-refractivity contribution in [1.29, 1.82) is 5.41 Å². The highest BCUT2D eigenvalue weighted by Crippen LogP contribution is 2.16. The van der Waals surface area contributed by atoms with Gasteiger partial charge in [0.15, 0.2) is 0 Å². The standard InChI is InChI=1S/C9H7ClFN/c10-8-6-7(2-1-5-12)3-4-9(8)11/h1-6,12H/b2-1+,12-5?. The van der Waals surface area contributed by atoms with Crippen LogP contribution in [0.25, 0.3) is 6.08 Å². The molecule has 0 aliphatic carbocycles. The predicted octanol–water partition coefficient (Wildman–Crippen LogP) is 3.14. The molecule has 0 fully saturated rings. The lowest BCUT2D eigenvalue weighted by Gasteiger charge is -1.94. The Hall–Kier alpha value is -1.15. The molecule has 1 nitrogen and oxygen atoms in total. The van der Waals surface area contributed by atoms with Crippen LogP contribution < -0.4 is 0 Å². The van der Waals surface area contributed by atoms with E-state index in [0.717, 1.165) is 11.8 Å². The van der Waals surface area contributed by atoms with Crippen LogP contribution >= 0.6 is 11.6 Å². The van der Waals surface area contributed by atoms with Gasteiger partial charge in [0, 0.05) is 6.21 Å². The number of halogens is 2. The van der Waals surface area contributed by atoms with Gasteiger partial charge in [0.2, 0.25) is 0 Å². The molecule has 0 unspecified atom stereocenters. The third-order valence-corrected chi connectivity index (χ3v) is 1.62. The van der Waals surface area contributed by atoms with Crippen LogP contribution in [0.2, 0.25) is 5.02 Å². The van der Waals surface area contributed by atoms with Crippen LogP contribution in [-0.2, 0) is 0 Å². The maximum absolute atomic E-state index is 12.6. The number of hydrogen-bond acceptors (Lipinski definition) is 1. The summed E-state index contributed by atoms with van der Waals surface area (Å²) >= 11 is 5.53. The van der Waals surface area contributed by atoms with Crippen molar-refractivity contribution in [1.82, 2.24) is 0 Å². The van der Waals surface area contributed by atoms with E-state index < -0.39 is 5.82 Å². The first-order valence-electron chi connectivity index (χ1n) is 3.36. The zero-order valence-corrected chi connectivity index (χ0v) is 6.98. The second-order valence-corrected chi connectivity index (χ2v) is 2.61. The van der Waals surface area contributed by atoms with E-state index in [1.54, 1.807) is 18.2 Å². The lowest BCUT2D eigenvalue weighted by Crippen LogP contribution is -1.77. The first kappa shape index (κ1) is 8.94. The molecule has 0 saturated heterocycles. The summed E-state index contributed by atoms with van der Waals surface area (Å²) in [4.78, 5) is 0. The summed E-state index contributed by atoms with van der Waals surface area (Å²) < 4.78 is 12.6. The Bertz CT molecular complexity index is 320. The molecule has 0 aliphatic heterocycles. The molecular weight excluding hydrogens is 177 g/mol. The third kappa shape index (κ3) is 2.17. The highest BCUT2D eigenvalue weighted by molar-refractivity contribution is 6.30. The van der Waals surface area contributed by atoms with E-state index in [0.29, 0.717) is 0 Å². The van der Waals surface area contributed by atoms with E-state index in [9.17, 15) is 4.39 Å². The smallest absolute Gasteiger partial charge is 0.141 e. The number of allylic oxidation sites excluding steroid dienone is 1. The fraction of sp³-hybridized carbons (Fsp3) is 0. The van der Waals surface area contributed by atoms with Gasteiger partial charge in [-0.05, 0) is 23.8 Å². The molecule has 3 heteroatoms. The van der Waals surface area contributed by atoms with Crippen molar-refractivity contribution in [3.63, 3.8) is 0 Å². The molecule has 0 aromatic heterocycles. The van der Waals surface area contributed by atoms with Crippen molar-refractivity contribution in [2.45, 2.75) is 0 Å². The molecule has 0 radical (unpaired) electrons. The van der Waals surface area contributed by atoms with Gasteiger partial charge in [0.25, 0.3) is 0 Å². The lowest BCUT2D eigenvalue weighted by atomic mass is 10.2. The maximum Gasteiger partial charge on any atom is 0.141 e. The van der Waals surface area contributed by atoms with Crippen molar-refractivity contribution in [2.75, 3.05) is 0 Å². The fourth-order valence-electron chi connectivity index (χ4n) is 0.775. The summed E-state index contributed by atoms with van der Waals surface area (Å²) in [5.74, 6) is -0.427. The normalized spacial score (nSPS) is 10.5. The summed E-state index contributed by atoms with van der Waals surface area (Å²) in [7, 11) is 0. The largest absolute Gasteiger partial charge is 0.309 e. The summed E-state index contributed by atoms with van der Waals surface area (Å²) in [6.07, 6.45) is 4.37. The van der Waals surface area contributed by atoms with Gasteiger partial charge >= 0.3 is 0 Å². The molecule has 1 aromatic rings. The van der Waals surface area contributed by atoms with Crippen molar-refractivity contribution in [3.8, 4) is 0 Å². The minimum atomic E-state index is -0.427. The summed E-state index contributed by atoms with van der Waals surface area (Å²) in [5, 5.41) is 6.83. The second kappa shape index (κ2) is 4.02. The summed E-state index contributed by atoms with van der Waals surface area (Å²) in [6.45, 7) is 0. The molecule has 62 valence electrons. The molecule has 0 saturated carbocycles. The molecule has 0 atom stereocenters. The van der Waals surface area contributed by atoms with Gasteiger partial charge in [-0.1, -0.05) is 23.7 Å². The van der Waals surface area contributed by atoms with Gasteiger partial charge in [-0.25, -0.2) is 4.39 Å². The van der Waals surface area contributed by atoms with Gasteiger partial charge in [0.05, 0.1) is 5.02 Å². The topological polar surface area (TPSA) is 23.9 Å². The van der Waals surface area contributed by atoms with Gasteiger partial charge in [-0.2, -0.15) is 0 Å². The zero-order chi connectivity index (χ0) is 8.97. The van der Waals surface area contributed by atoms with Crippen molar-refractivity contribution in [3.05, 3.63) is 40.7 Å². The zero-order valence-electron chi connectivity index (χ0n) is 6.22. The molecule has 12 heavy (non-hydrogen) atoms. The van der Waals surface area contributed by atoms with Crippen LogP contribution in [-0.4, -0.2) is 6.21 Å². The monoisotopic (exact) mass is 183 g/mol. The third-order valence-electron chi connectivity index (χ3n) is 1.33. The summed E-state index contributed by atoms with van der Waals surface area (Å²) in [6, 6.07) is 4.41. The Morgan fingerprint density at radius 1 is 1.42 bits per heavy atom. The molecule has 0 aliphatic rings. The van der Waals surface area contributed by atoms with Crippen LogP contribution in [0.4, 0.5) is 4.39 Å². The van der Waals surface area contributed by atoms with Crippen molar-refractivity contribution >= 4 is 23.9 Å². The average Bonchev–Trinajstić information content (AvgIpc) is 2.07. The molecule has 1 rings (SSSR count). The quantitative estimate of drug-likeness (QED) is 0.682. The molecule has 1 aromatic carbocycles. The number of rotatable bonds is 2. The van der Waals surface area contributed by atoms with Crippen LogP contribution in [0.15, 0.2) is 24.3 Å². The first-order chi connectivity index (χ1) is 5.74. The Balaban J connectivity index is 2.96. The van der Waals surface area contributed by atoms with Crippen molar-refractivity contribution in [2.24, 2.45) is 0 Å². The van der Waals surface area contributed by atoms with E-state index in [2.05, 4.69) is 0 Å². The Morgan fingerprint density at radius 3 is 2.75 bits per heavy atom. The molecule has 0 heterocycles. The number of benzene rings is 1. The molecular formula is C9H7ClFN. The van der Waals surface area contributed by atoms with E-state index >= 15 is 0 Å². The second-order valence-electron chi connectivity index (χ2n) is 2.20. The van der Waals surface area contributed by atoms with Gasteiger partial charge < -0.3 is 5.41 Å². The Morgan fingerprint density at radius 2 is 2.17 bits per heavy atom. The minimum Gasteiger partial charge on any atom is -0.309 e. The Kier molecular flexibility index (Phi) is 3.00. The first-order valence-corrected chi connectivity index (χ1v) is 3.74. The van der Waals surface area contributed by atoms with E-state index in [4.69, 9.17) is 17.0 Å². The summed E-state index contributed by atoms with van der Waals surface area (Å²) in [5.41, 5.74) is 0.782. The fourth-order valence-corrected chi connectivity index (χ4v) is 0.964. The minimum absolute atomic E-state index is 0.0992. The Labute approximate surface area is 75.0 Å². The van der Waals surface area contributed by atoms with Crippen molar-refractivity contribution < 1.29 is 4.39 Å². The van der Waals surface area contributed by atoms with Gasteiger partial charge in [0.1, 0.15) is 5.82 Å². The predicted molar refractivity (Wildman–Crippen MR) is 49.2 cm³/mol. The van der Waals surface area contributed by atoms with Crippen LogP contribution in [0.5, 0.6) is 0 Å². The van der Waals surface area contributed by atoms with Crippen LogP contribution in [0.3, 0.4) is 0 Å². The van der Waals surface area contributed by atoms with Crippen LogP contribution in [0, 0.1) is 11.2 Å².